The number of para-hydroxylation sites is 1. The normalized spacial score (nSPS) is 16.3. The van der Waals surface area contributed by atoms with Crippen molar-refractivity contribution in [2.75, 3.05) is 13.7 Å². The van der Waals surface area contributed by atoms with Gasteiger partial charge in [0.2, 0.25) is 0 Å². The van der Waals surface area contributed by atoms with Gasteiger partial charge in [-0.15, -0.1) is 0 Å². The molecule has 96 valence electrons. The van der Waals surface area contributed by atoms with Gasteiger partial charge in [-0.1, -0.05) is 25.1 Å². The van der Waals surface area contributed by atoms with Crippen LogP contribution in [0.15, 0.2) is 24.3 Å². The van der Waals surface area contributed by atoms with Crippen molar-refractivity contribution in [1.29, 1.82) is 0 Å². The zero-order valence-corrected chi connectivity index (χ0v) is 10.9. The van der Waals surface area contributed by atoms with Crippen molar-refractivity contribution in [1.82, 2.24) is 0 Å². The Morgan fingerprint density at radius 2 is 2.06 bits per heavy atom. The molecule has 1 aromatic rings. The lowest BCUT2D eigenvalue weighted by Crippen LogP contribution is -2.39. The number of methoxy groups -OCH3 is 1. The first-order chi connectivity index (χ1) is 8.03. The first-order valence-corrected chi connectivity index (χ1v) is 6.02. The topological polar surface area (TPSA) is 55.5 Å². The molecule has 17 heavy (non-hydrogen) atoms. The second-order valence-electron chi connectivity index (χ2n) is 4.90. The Labute approximate surface area is 104 Å². The summed E-state index contributed by atoms with van der Waals surface area (Å²) in [6.45, 7) is 4.26. The highest BCUT2D eigenvalue weighted by atomic mass is 16.5. The van der Waals surface area contributed by atoms with Gasteiger partial charge in [0.05, 0.1) is 7.11 Å². The second-order valence-corrected chi connectivity index (χ2v) is 4.90. The van der Waals surface area contributed by atoms with Gasteiger partial charge in [-0.2, -0.15) is 0 Å². The maximum atomic E-state index is 9.17. The SMILES string of the molecule is COc1ccccc1CC(C)(CCO)C(C)N. The van der Waals surface area contributed by atoms with Gasteiger partial charge in [0.1, 0.15) is 5.75 Å². The largest absolute Gasteiger partial charge is 0.496 e. The molecule has 0 aliphatic carbocycles. The van der Waals surface area contributed by atoms with Gasteiger partial charge < -0.3 is 15.6 Å². The monoisotopic (exact) mass is 237 g/mol. The Bertz CT molecular complexity index is 352. The third-order valence-electron chi connectivity index (χ3n) is 3.57. The van der Waals surface area contributed by atoms with Gasteiger partial charge in [0, 0.05) is 12.6 Å². The van der Waals surface area contributed by atoms with E-state index in [1.165, 1.54) is 0 Å². The van der Waals surface area contributed by atoms with Crippen molar-refractivity contribution in [3.05, 3.63) is 29.8 Å². The highest BCUT2D eigenvalue weighted by Crippen LogP contribution is 2.32. The average molecular weight is 237 g/mol. The Kier molecular flexibility index (Phi) is 4.97. The molecule has 0 bridgehead atoms. The lowest BCUT2D eigenvalue weighted by molar-refractivity contribution is 0.170. The molecule has 0 saturated heterocycles. The molecule has 0 spiro atoms. The van der Waals surface area contributed by atoms with E-state index in [-0.39, 0.29) is 18.1 Å². The molecule has 3 heteroatoms. The van der Waals surface area contributed by atoms with Crippen LogP contribution in [-0.2, 0) is 6.42 Å². The first-order valence-electron chi connectivity index (χ1n) is 6.02. The second kappa shape index (κ2) is 6.03. The summed E-state index contributed by atoms with van der Waals surface area (Å²) >= 11 is 0. The molecule has 0 heterocycles. The number of hydrogen-bond acceptors (Lipinski definition) is 3. The maximum Gasteiger partial charge on any atom is 0.122 e. The third kappa shape index (κ3) is 3.45. The standard InChI is InChI=1S/C14H23NO2/c1-11(15)14(2,8-9-16)10-12-6-4-5-7-13(12)17-3/h4-7,11,16H,8-10,15H2,1-3H3. The average Bonchev–Trinajstić information content (AvgIpc) is 2.30. The van der Waals surface area contributed by atoms with Crippen molar-refractivity contribution >= 4 is 0 Å². The number of hydrogen-bond donors (Lipinski definition) is 2. The first kappa shape index (κ1) is 14.0. The predicted octanol–water partition coefficient (Wildman–Crippen LogP) is 1.97. The number of aliphatic hydroxyl groups is 1. The molecule has 3 nitrogen and oxygen atoms in total. The van der Waals surface area contributed by atoms with Crippen LogP contribution in [0.2, 0.25) is 0 Å². The van der Waals surface area contributed by atoms with Crippen LogP contribution >= 0.6 is 0 Å². The van der Waals surface area contributed by atoms with E-state index in [0.29, 0.717) is 6.42 Å². The molecule has 2 unspecified atom stereocenters. The summed E-state index contributed by atoms with van der Waals surface area (Å²) < 4.78 is 5.35. The van der Waals surface area contributed by atoms with Crippen molar-refractivity contribution in [2.45, 2.75) is 32.7 Å². The van der Waals surface area contributed by atoms with E-state index in [4.69, 9.17) is 15.6 Å². The molecule has 0 amide bonds. The lowest BCUT2D eigenvalue weighted by atomic mass is 9.75. The maximum absolute atomic E-state index is 9.17. The number of ether oxygens (including phenoxy) is 1. The Balaban J connectivity index is 2.93. The van der Waals surface area contributed by atoms with E-state index in [0.717, 1.165) is 17.7 Å². The van der Waals surface area contributed by atoms with Crippen molar-refractivity contribution in [3.63, 3.8) is 0 Å². The number of benzene rings is 1. The highest BCUT2D eigenvalue weighted by Gasteiger charge is 2.29. The molecule has 1 aromatic carbocycles. The van der Waals surface area contributed by atoms with E-state index >= 15 is 0 Å². The number of rotatable bonds is 6. The summed E-state index contributed by atoms with van der Waals surface area (Å²) in [4.78, 5) is 0. The van der Waals surface area contributed by atoms with E-state index < -0.39 is 0 Å². The fraction of sp³-hybridized carbons (Fsp3) is 0.571. The minimum absolute atomic E-state index is 0.0274. The fourth-order valence-corrected chi connectivity index (χ4v) is 2.02. The molecule has 1 rings (SSSR count). The van der Waals surface area contributed by atoms with E-state index in [1.807, 2.05) is 25.1 Å². The summed E-state index contributed by atoms with van der Waals surface area (Å²) in [5.74, 6) is 0.886. The summed E-state index contributed by atoms with van der Waals surface area (Å²) in [7, 11) is 1.67. The van der Waals surface area contributed by atoms with Crippen LogP contribution in [0.1, 0.15) is 25.8 Å². The zero-order chi connectivity index (χ0) is 12.9. The Morgan fingerprint density at radius 3 is 2.59 bits per heavy atom. The van der Waals surface area contributed by atoms with Gasteiger partial charge in [-0.3, -0.25) is 0 Å². The predicted molar refractivity (Wildman–Crippen MR) is 70.2 cm³/mol. The molecule has 0 saturated carbocycles. The van der Waals surface area contributed by atoms with Crippen LogP contribution in [0.3, 0.4) is 0 Å². The van der Waals surface area contributed by atoms with Gasteiger partial charge in [0.15, 0.2) is 0 Å². The molecule has 0 aliphatic rings. The minimum atomic E-state index is -0.108. The van der Waals surface area contributed by atoms with Crippen molar-refractivity contribution < 1.29 is 9.84 Å². The van der Waals surface area contributed by atoms with E-state index in [9.17, 15) is 0 Å². The molecule has 0 aliphatic heterocycles. The Morgan fingerprint density at radius 1 is 1.41 bits per heavy atom. The molecular formula is C14H23NO2. The lowest BCUT2D eigenvalue weighted by Gasteiger charge is -2.33. The fourth-order valence-electron chi connectivity index (χ4n) is 2.02. The van der Waals surface area contributed by atoms with Crippen molar-refractivity contribution in [3.8, 4) is 5.75 Å². The summed E-state index contributed by atoms with van der Waals surface area (Å²) in [5.41, 5.74) is 7.08. The van der Waals surface area contributed by atoms with Crippen LogP contribution in [0, 0.1) is 5.41 Å². The van der Waals surface area contributed by atoms with Crippen molar-refractivity contribution in [2.24, 2.45) is 11.1 Å². The van der Waals surface area contributed by atoms with Gasteiger partial charge in [-0.25, -0.2) is 0 Å². The summed E-state index contributed by atoms with van der Waals surface area (Å²) in [5, 5.41) is 9.17. The van der Waals surface area contributed by atoms with E-state index in [2.05, 4.69) is 13.0 Å². The molecule has 3 N–H and O–H groups in total. The summed E-state index contributed by atoms with van der Waals surface area (Å²) in [6, 6.07) is 7.99. The number of nitrogens with two attached hydrogens (primary N) is 1. The van der Waals surface area contributed by atoms with Crippen LogP contribution < -0.4 is 10.5 Å². The molecular weight excluding hydrogens is 214 g/mol. The minimum Gasteiger partial charge on any atom is -0.496 e. The molecule has 0 radical (unpaired) electrons. The van der Waals surface area contributed by atoms with E-state index in [1.54, 1.807) is 7.11 Å². The summed E-state index contributed by atoms with van der Waals surface area (Å²) in [6.07, 6.45) is 1.51. The van der Waals surface area contributed by atoms with Crippen LogP contribution in [0.5, 0.6) is 5.75 Å². The van der Waals surface area contributed by atoms with Gasteiger partial charge in [0.25, 0.3) is 0 Å². The quantitative estimate of drug-likeness (QED) is 0.795. The van der Waals surface area contributed by atoms with Crippen LogP contribution in [-0.4, -0.2) is 24.9 Å². The zero-order valence-electron chi connectivity index (χ0n) is 10.9. The number of aliphatic hydroxyl groups excluding tert-OH is 1. The Hall–Kier alpha value is -1.06. The van der Waals surface area contributed by atoms with Crippen LogP contribution in [0.25, 0.3) is 0 Å². The highest BCUT2D eigenvalue weighted by molar-refractivity contribution is 5.34. The molecule has 2 atom stereocenters. The van der Waals surface area contributed by atoms with Gasteiger partial charge >= 0.3 is 0 Å². The smallest absolute Gasteiger partial charge is 0.122 e. The van der Waals surface area contributed by atoms with Crippen LogP contribution in [0.4, 0.5) is 0 Å². The van der Waals surface area contributed by atoms with Gasteiger partial charge in [-0.05, 0) is 36.8 Å². The molecule has 0 aromatic heterocycles. The molecule has 0 fully saturated rings. The third-order valence-corrected chi connectivity index (χ3v) is 3.57.